The molecule has 2 rings (SSSR count). The van der Waals surface area contributed by atoms with Gasteiger partial charge in [-0.05, 0) is 18.4 Å². The van der Waals surface area contributed by atoms with Crippen LogP contribution in [-0.2, 0) is 7.05 Å². The molecule has 1 aromatic rings. The summed E-state index contributed by atoms with van der Waals surface area (Å²) in [5.74, 6) is 0.390. The molecule has 1 aromatic heterocycles. The summed E-state index contributed by atoms with van der Waals surface area (Å²) in [6, 6.07) is 1.92. The fraction of sp³-hybridized carbons (Fsp3) is 0.583. The highest BCUT2D eigenvalue weighted by Gasteiger charge is 2.27. The first-order chi connectivity index (χ1) is 7.99. The van der Waals surface area contributed by atoms with Crippen molar-refractivity contribution in [2.24, 2.45) is 18.7 Å². The Balaban J connectivity index is 0.00000162. The van der Waals surface area contributed by atoms with Crippen LogP contribution in [0.15, 0.2) is 12.3 Å². The molecular weight excluding hydrogens is 273 g/mol. The highest BCUT2D eigenvalue weighted by atomic mass is 35.5. The van der Waals surface area contributed by atoms with Gasteiger partial charge in [-0.3, -0.25) is 4.79 Å². The van der Waals surface area contributed by atoms with Gasteiger partial charge in [-0.15, -0.1) is 12.4 Å². The molecule has 2 heterocycles. The number of hydrogen-bond donors (Lipinski definition) is 1. The van der Waals surface area contributed by atoms with Crippen LogP contribution in [0.1, 0.15) is 23.8 Å². The lowest BCUT2D eigenvalue weighted by molar-refractivity contribution is 0.0654. The van der Waals surface area contributed by atoms with Gasteiger partial charge in [0.25, 0.3) is 5.91 Å². The van der Waals surface area contributed by atoms with E-state index in [1.54, 1.807) is 16.8 Å². The number of amides is 1. The molecule has 1 fully saturated rings. The molecule has 18 heavy (non-hydrogen) atoms. The summed E-state index contributed by atoms with van der Waals surface area (Å²) in [6.45, 7) is 3.54. The topological polar surface area (TPSA) is 51.3 Å². The van der Waals surface area contributed by atoms with Gasteiger partial charge in [0.1, 0.15) is 5.69 Å². The number of aryl methyl sites for hydroxylation is 1. The zero-order chi connectivity index (χ0) is 12.6. The second-order valence-corrected chi connectivity index (χ2v) is 5.27. The number of carbonyl (C=O) groups is 1. The predicted octanol–water partition coefficient (Wildman–Crippen LogP) is 1.91. The van der Waals surface area contributed by atoms with Gasteiger partial charge in [-0.2, -0.15) is 0 Å². The van der Waals surface area contributed by atoms with Crippen molar-refractivity contribution < 1.29 is 4.79 Å². The van der Waals surface area contributed by atoms with E-state index < -0.39 is 0 Å². The lowest BCUT2D eigenvalue weighted by Crippen LogP contribution is -2.48. The molecule has 4 nitrogen and oxygen atoms in total. The average Bonchev–Trinajstić information content (AvgIpc) is 2.61. The highest BCUT2D eigenvalue weighted by Crippen LogP contribution is 2.19. The van der Waals surface area contributed by atoms with Gasteiger partial charge in [0.2, 0.25) is 0 Å². The smallest absolute Gasteiger partial charge is 0.270 e. The Labute approximate surface area is 118 Å². The van der Waals surface area contributed by atoms with Crippen molar-refractivity contribution in [2.45, 2.75) is 19.4 Å². The third kappa shape index (κ3) is 2.99. The van der Waals surface area contributed by atoms with Crippen LogP contribution < -0.4 is 5.73 Å². The van der Waals surface area contributed by atoms with E-state index in [0.717, 1.165) is 19.5 Å². The van der Waals surface area contributed by atoms with Crippen LogP contribution in [0.5, 0.6) is 0 Å². The quantitative estimate of drug-likeness (QED) is 0.859. The first kappa shape index (κ1) is 15.3. The molecule has 2 unspecified atom stereocenters. The van der Waals surface area contributed by atoms with Gasteiger partial charge in [0.05, 0.1) is 5.02 Å². The molecule has 1 saturated heterocycles. The molecule has 0 aliphatic carbocycles. The molecular formula is C12H19Cl2N3O. The Kier molecular flexibility index (Phi) is 5.08. The zero-order valence-corrected chi connectivity index (χ0v) is 12.2. The van der Waals surface area contributed by atoms with Gasteiger partial charge in [-0.1, -0.05) is 18.5 Å². The van der Waals surface area contributed by atoms with Crippen molar-refractivity contribution in [1.29, 1.82) is 0 Å². The highest BCUT2D eigenvalue weighted by molar-refractivity contribution is 6.31. The second-order valence-electron chi connectivity index (χ2n) is 4.84. The number of rotatable bonds is 1. The summed E-state index contributed by atoms with van der Waals surface area (Å²) in [5.41, 5.74) is 6.59. The molecule has 0 spiro atoms. The normalized spacial score (nSPS) is 23.7. The zero-order valence-electron chi connectivity index (χ0n) is 10.6. The van der Waals surface area contributed by atoms with Crippen molar-refractivity contribution >= 4 is 29.9 Å². The average molecular weight is 292 g/mol. The number of hydrogen-bond acceptors (Lipinski definition) is 2. The number of nitrogens with zero attached hydrogens (tertiary/aromatic N) is 2. The predicted molar refractivity (Wildman–Crippen MR) is 75.3 cm³/mol. The van der Waals surface area contributed by atoms with Gasteiger partial charge >= 0.3 is 0 Å². The van der Waals surface area contributed by atoms with E-state index in [4.69, 9.17) is 17.3 Å². The Morgan fingerprint density at radius 2 is 2.22 bits per heavy atom. The summed E-state index contributed by atoms with van der Waals surface area (Å²) in [7, 11) is 1.83. The van der Waals surface area contributed by atoms with Crippen molar-refractivity contribution in [3.8, 4) is 0 Å². The van der Waals surface area contributed by atoms with Crippen molar-refractivity contribution in [3.05, 3.63) is 23.0 Å². The van der Waals surface area contributed by atoms with Crippen molar-refractivity contribution in [2.75, 3.05) is 13.1 Å². The largest absolute Gasteiger partial charge is 0.345 e. The molecule has 0 radical (unpaired) electrons. The summed E-state index contributed by atoms with van der Waals surface area (Å²) >= 11 is 5.89. The maximum absolute atomic E-state index is 12.3. The second kappa shape index (κ2) is 5.95. The van der Waals surface area contributed by atoms with E-state index in [-0.39, 0.29) is 24.4 Å². The first-order valence-corrected chi connectivity index (χ1v) is 6.23. The van der Waals surface area contributed by atoms with E-state index in [1.807, 2.05) is 11.9 Å². The van der Waals surface area contributed by atoms with Crippen LogP contribution in [0.4, 0.5) is 0 Å². The fourth-order valence-electron chi connectivity index (χ4n) is 2.25. The molecule has 1 aliphatic heterocycles. The van der Waals surface area contributed by atoms with Gasteiger partial charge in [0, 0.05) is 32.4 Å². The number of halogens is 2. The molecule has 0 aromatic carbocycles. The van der Waals surface area contributed by atoms with Gasteiger partial charge < -0.3 is 15.2 Å². The maximum atomic E-state index is 12.3. The van der Waals surface area contributed by atoms with Crippen LogP contribution in [0, 0.1) is 5.92 Å². The van der Waals surface area contributed by atoms with Crippen LogP contribution in [-0.4, -0.2) is 34.5 Å². The third-order valence-corrected chi connectivity index (χ3v) is 3.66. The summed E-state index contributed by atoms with van der Waals surface area (Å²) in [4.78, 5) is 14.2. The van der Waals surface area contributed by atoms with Crippen molar-refractivity contribution in [1.82, 2.24) is 9.47 Å². The number of aromatic nitrogens is 1. The lowest BCUT2D eigenvalue weighted by Gasteiger charge is -2.35. The molecule has 2 atom stereocenters. The fourth-order valence-corrected chi connectivity index (χ4v) is 2.50. The minimum Gasteiger partial charge on any atom is -0.345 e. The lowest BCUT2D eigenvalue weighted by atomic mass is 9.94. The number of carbonyl (C=O) groups excluding carboxylic acids is 1. The van der Waals surface area contributed by atoms with Crippen LogP contribution in [0.2, 0.25) is 5.02 Å². The van der Waals surface area contributed by atoms with E-state index in [0.29, 0.717) is 16.6 Å². The molecule has 102 valence electrons. The minimum atomic E-state index is 0. The minimum absolute atomic E-state index is 0. The summed E-state index contributed by atoms with van der Waals surface area (Å²) < 4.78 is 1.77. The molecule has 1 amide bonds. The van der Waals surface area contributed by atoms with E-state index >= 15 is 0 Å². The summed E-state index contributed by atoms with van der Waals surface area (Å²) in [6.07, 6.45) is 2.61. The Morgan fingerprint density at radius 1 is 1.56 bits per heavy atom. The standard InChI is InChI=1S/C12H18ClN3O.ClH/c1-8-6-16(4-3-10(8)14)12(17)11-5-9(13)7-15(11)2;/h5,7-8,10H,3-4,6,14H2,1-2H3;1H. The number of nitrogens with two attached hydrogens (primary N) is 1. The third-order valence-electron chi connectivity index (χ3n) is 3.45. The maximum Gasteiger partial charge on any atom is 0.270 e. The first-order valence-electron chi connectivity index (χ1n) is 5.85. The Hall–Kier alpha value is -0.710. The number of piperidine rings is 1. The van der Waals surface area contributed by atoms with Crippen molar-refractivity contribution in [3.63, 3.8) is 0 Å². The molecule has 2 N–H and O–H groups in total. The molecule has 6 heteroatoms. The van der Waals surface area contributed by atoms with Crippen LogP contribution in [0.3, 0.4) is 0 Å². The molecule has 0 bridgehead atoms. The van der Waals surface area contributed by atoms with Gasteiger partial charge in [0.15, 0.2) is 0 Å². The molecule has 1 aliphatic rings. The monoisotopic (exact) mass is 291 g/mol. The molecule has 0 saturated carbocycles. The summed E-state index contributed by atoms with van der Waals surface area (Å²) in [5, 5.41) is 0.595. The van der Waals surface area contributed by atoms with E-state index in [9.17, 15) is 4.79 Å². The van der Waals surface area contributed by atoms with Crippen LogP contribution >= 0.6 is 24.0 Å². The van der Waals surface area contributed by atoms with Gasteiger partial charge in [-0.25, -0.2) is 0 Å². The van der Waals surface area contributed by atoms with Crippen LogP contribution in [0.25, 0.3) is 0 Å². The van der Waals surface area contributed by atoms with E-state index in [1.165, 1.54) is 0 Å². The SMILES string of the molecule is CC1CN(C(=O)c2cc(Cl)cn2C)CCC1N.Cl. The Bertz CT molecular complexity index is 433. The number of likely N-dealkylation sites (tertiary alicyclic amines) is 1. The Morgan fingerprint density at radius 3 is 2.72 bits per heavy atom. The van der Waals surface area contributed by atoms with E-state index in [2.05, 4.69) is 6.92 Å².